The second kappa shape index (κ2) is 8.63. The average molecular weight is 476 g/mol. The molecule has 0 N–H and O–H groups in total. The lowest BCUT2D eigenvalue weighted by Gasteiger charge is -2.44. The number of ether oxygens (including phenoxy) is 1. The van der Waals surface area contributed by atoms with Crippen LogP contribution in [0.2, 0.25) is 0 Å². The van der Waals surface area contributed by atoms with Crippen LogP contribution in [0.1, 0.15) is 67.5 Å². The molecule has 0 amide bonds. The molecule has 0 aromatic heterocycles. The van der Waals surface area contributed by atoms with E-state index in [1.165, 1.54) is 27.8 Å². The summed E-state index contributed by atoms with van der Waals surface area (Å²) in [6.07, 6.45) is 2.72. The standard InChI is InChI=1S/C29H33NO3S/c1-5-9-26-27-24(21-10-7-6-8-11-21)18-22-16-17-30(29(3,4)28(22)25(27)19-33-26)34(31,32)23-14-12-20(2)13-15-23/h6-8,10-15,18,26H,5,9,16-17,19H2,1-4H3/t26-/m1/s1. The minimum Gasteiger partial charge on any atom is -0.369 e. The van der Waals surface area contributed by atoms with Gasteiger partial charge in [-0.25, -0.2) is 8.42 Å². The number of rotatable bonds is 5. The predicted octanol–water partition coefficient (Wildman–Crippen LogP) is 6.52. The average Bonchev–Trinajstić information content (AvgIpc) is 3.22. The van der Waals surface area contributed by atoms with Gasteiger partial charge in [-0.2, -0.15) is 4.31 Å². The summed E-state index contributed by atoms with van der Waals surface area (Å²) in [4.78, 5) is 0.354. The molecule has 5 rings (SSSR count). The SMILES string of the molecule is CCC[C@H]1OCc2c1c(-c1ccccc1)cc1c2C(C)(C)N(S(=O)(=O)c2ccc(C)cc2)CC1. The van der Waals surface area contributed by atoms with Crippen LogP contribution in [0.3, 0.4) is 0 Å². The molecule has 2 heterocycles. The third kappa shape index (κ3) is 3.71. The third-order valence-electron chi connectivity index (χ3n) is 7.37. The van der Waals surface area contributed by atoms with Crippen molar-refractivity contribution in [1.82, 2.24) is 4.31 Å². The molecule has 0 saturated carbocycles. The van der Waals surface area contributed by atoms with Gasteiger partial charge >= 0.3 is 0 Å². The highest BCUT2D eigenvalue weighted by Gasteiger charge is 2.45. The van der Waals surface area contributed by atoms with Crippen LogP contribution in [0, 0.1) is 6.92 Å². The molecule has 4 nitrogen and oxygen atoms in total. The minimum absolute atomic E-state index is 0.0420. The number of nitrogens with zero attached hydrogens (tertiary/aromatic N) is 1. The number of hydrogen-bond acceptors (Lipinski definition) is 3. The molecule has 34 heavy (non-hydrogen) atoms. The summed E-state index contributed by atoms with van der Waals surface area (Å²) in [5.74, 6) is 0. The number of hydrogen-bond donors (Lipinski definition) is 0. The Bertz CT molecular complexity index is 1310. The largest absolute Gasteiger partial charge is 0.369 e. The van der Waals surface area contributed by atoms with E-state index in [9.17, 15) is 8.42 Å². The maximum absolute atomic E-state index is 13.8. The molecule has 1 atom stereocenters. The van der Waals surface area contributed by atoms with E-state index < -0.39 is 15.6 Å². The Kier molecular flexibility index (Phi) is 5.91. The van der Waals surface area contributed by atoms with Crippen molar-refractivity contribution in [1.29, 1.82) is 0 Å². The molecule has 0 aliphatic carbocycles. The van der Waals surface area contributed by atoms with Crippen LogP contribution < -0.4 is 0 Å². The van der Waals surface area contributed by atoms with Gasteiger partial charge in [-0.1, -0.05) is 67.4 Å². The molecule has 3 aromatic rings. The number of sulfonamides is 1. The zero-order valence-electron chi connectivity index (χ0n) is 20.5. The monoisotopic (exact) mass is 475 g/mol. The zero-order chi connectivity index (χ0) is 24.1. The number of benzene rings is 3. The first-order valence-electron chi connectivity index (χ1n) is 12.2. The van der Waals surface area contributed by atoms with Gasteiger partial charge in [0.2, 0.25) is 10.0 Å². The Morgan fingerprint density at radius 2 is 1.76 bits per heavy atom. The maximum atomic E-state index is 13.8. The van der Waals surface area contributed by atoms with Crippen LogP contribution in [0.25, 0.3) is 11.1 Å². The van der Waals surface area contributed by atoms with Crippen LogP contribution in [0.5, 0.6) is 0 Å². The van der Waals surface area contributed by atoms with E-state index in [1.54, 1.807) is 16.4 Å². The van der Waals surface area contributed by atoms with E-state index in [1.807, 2.05) is 39.0 Å². The summed E-state index contributed by atoms with van der Waals surface area (Å²) in [7, 11) is -3.64. The fourth-order valence-corrected chi connectivity index (χ4v) is 7.55. The van der Waals surface area contributed by atoms with Crippen molar-refractivity contribution in [3.63, 3.8) is 0 Å². The molecule has 0 radical (unpaired) electrons. The Labute approximate surface area is 203 Å². The molecule has 0 spiro atoms. The minimum atomic E-state index is -3.64. The Hall–Kier alpha value is -2.47. The predicted molar refractivity (Wildman–Crippen MR) is 136 cm³/mol. The van der Waals surface area contributed by atoms with E-state index in [2.05, 4.69) is 37.3 Å². The van der Waals surface area contributed by atoms with Crippen molar-refractivity contribution < 1.29 is 13.2 Å². The summed E-state index contributed by atoms with van der Waals surface area (Å²) in [5.41, 5.74) is 7.59. The van der Waals surface area contributed by atoms with Gasteiger partial charge in [0.05, 0.1) is 23.1 Å². The number of fused-ring (bicyclic) bond motifs is 3. The van der Waals surface area contributed by atoms with Crippen molar-refractivity contribution in [3.8, 4) is 11.1 Å². The van der Waals surface area contributed by atoms with Crippen LogP contribution in [-0.4, -0.2) is 19.3 Å². The maximum Gasteiger partial charge on any atom is 0.243 e. The van der Waals surface area contributed by atoms with Gasteiger partial charge < -0.3 is 4.74 Å². The van der Waals surface area contributed by atoms with Gasteiger partial charge in [0.25, 0.3) is 0 Å². The normalized spacial score (nSPS) is 19.6. The summed E-state index contributed by atoms with van der Waals surface area (Å²) in [6.45, 7) is 9.24. The molecule has 3 aromatic carbocycles. The molecule has 2 aliphatic rings. The van der Waals surface area contributed by atoms with Crippen molar-refractivity contribution in [2.75, 3.05) is 6.54 Å². The molecular formula is C29H33NO3S. The van der Waals surface area contributed by atoms with Crippen LogP contribution in [0.15, 0.2) is 65.6 Å². The van der Waals surface area contributed by atoms with Gasteiger partial charge in [0.15, 0.2) is 0 Å². The lowest BCUT2D eigenvalue weighted by atomic mass is 9.77. The van der Waals surface area contributed by atoms with Crippen molar-refractivity contribution in [2.24, 2.45) is 0 Å². The van der Waals surface area contributed by atoms with Crippen molar-refractivity contribution in [3.05, 3.63) is 88.5 Å². The first kappa shape index (κ1) is 23.3. The summed E-state index contributed by atoms with van der Waals surface area (Å²) >= 11 is 0. The van der Waals surface area contributed by atoms with E-state index in [-0.39, 0.29) is 6.10 Å². The molecule has 0 saturated heterocycles. The lowest BCUT2D eigenvalue weighted by Crippen LogP contribution is -2.50. The van der Waals surface area contributed by atoms with Gasteiger partial charge in [-0.3, -0.25) is 0 Å². The Morgan fingerprint density at radius 1 is 1.06 bits per heavy atom. The molecule has 0 bridgehead atoms. The van der Waals surface area contributed by atoms with E-state index in [0.29, 0.717) is 24.5 Å². The van der Waals surface area contributed by atoms with E-state index in [0.717, 1.165) is 24.0 Å². The van der Waals surface area contributed by atoms with Gasteiger partial charge in [0, 0.05) is 6.54 Å². The fraction of sp³-hybridized carbons (Fsp3) is 0.379. The van der Waals surface area contributed by atoms with Crippen molar-refractivity contribution in [2.45, 2.75) is 70.1 Å². The molecule has 2 aliphatic heterocycles. The molecule has 178 valence electrons. The first-order valence-corrected chi connectivity index (χ1v) is 13.6. The molecule has 0 fully saturated rings. The second-order valence-electron chi connectivity index (χ2n) is 10.0. The summed E-state index contributed by atoms with van der Waals surface area (Å²) in [5, 5.41) is 0. The van der Waals surface area contributed by atoms with Crippen LogP contribution >= 0.6 is 0 Å². The van der Waals surface area contributed by atoms with E-state index >= 15 is 0 Å². The van der Waals surface area contributed by atoms with Gasteiger partial charge in [0.1, 0.15) is 0 Å². The Balaban J connectivity index is 1.68. The summed E-state index contributed by atoms with van der Waals surface area (Å²) < 4.78 is 35.6. The quantitative estimate of drug-likeness (QED) is 0.422. The topological polar surface area (TPSA) is 46.6 Å². The first-order chi connectivity index (χ1) is 16.2. The van der Waals surface area contributed by atoms with Gasteiger partial charge in [-0.15, -0.1) is 0 Å². The molecular weight excluding hydrogens is 442 g/mol. The zero-order valence-corrected chi connectivity index (χ0v) is 21.3. The second-order valence-corrected chi connectivity index (χ2v) is 11.9. The van der Waals surface area contributed by atoms with Gasteiger partial charge in [-0.05, 0) is 79.1 Å². The Morgan fingerprint density at radius 3 is 2.44 bits per heavy atom. The third-order valence-corrected chi connectivity index (χ3v) is 9.46. The number of aryl methyl sites for hydroxylation is 1. The fourth-order valence-electron chi connectivity index (χ4n) is 5.79. The van der Waals surface area contributed by atoms with E-state index in [4.69, 9.17) is 4.74 Å². The summed E-state index contributed by atoms with van der Waals surface area (Å²) in [6, 6.07) is 20.0. The van der Waals surface area contributed by atoms with Crippen LogP contribution in [0.4, 0.5) is 0 Å². The highest BCUT2D eigenvalue weighted by atomic mass is 32.2. The highest BCUT2D eigenvalue weighted by Crippen LogP contribution is 2.49. The lowest BCUT2D eigenvalue weighted by molar-refractivity contribution is 0.0590. The highest BCUT2D eigenvalue weighted by molar-refractivity contribution is 7.89. The van der Waals surface area contributed by atoms with Crippen LogP contribution in [-0.2, 0) is 33.3 Å². The smallest absolute Gasteiger partial charge is 0.243 e. The molecule has 5 heteroatoms. The molecule has 0 unspecified atom stereocenters. The van der Waals surface area contributed by atoms with Crippen molar-refractivity contribution >= 4 is 10.0 Å².